The number of thiazole rings is 1. The number of nitrogens with zero attached hydrogens (tertiary/aromatic N) is 4. The van der Waals surface area contributed by atoms with Crippen molar-refractivity contribution in [2.24, 2.45) is 15.3 Å². The Balaban J connectivity index is 1.87. The molecule has 0 saturated carbocycles. The van der Waals surface area contributed by atoms with Gasteiger partial charge < -0.3 is 0 Å². The summed E-state index contributed by atoms with van der Waals surface area (Å²) >= 11 is 1.52. The molecule has 1 heterocycles. The molecule has 2 aromatic carbocycles. The summed E-state index contributed by atoms with van der Waals surface area (Å²) < 4.78 is 0. The Morgan fingerprint density at radius 2 is 1.62 bits per heavy atom. The second kappa shape index (κ2) is 7.61. The number of aromatic nitrogens is 1. The largest absolute Gasteiger partial charge is 0.276 e. The van der Waals surface area contributed by atoms with Crippen LogP contribution in [-0.4, -0.2) is 10.8 Å². The molecule has 0 unspecified atom stereocenters. The van der Waals surface area contributed by atoms with Crippen LogP contribution in [-0.2, 0) is 0 Å². The molecular formula is C18H17N5S. The van der Waals surface area contributed by atoms with E-state index in [1.807, 2.05) is 74.5 Å². The third-order valence-electron chi connectivity index (χ3n) is 3.34. The Kier molecular flexibility index (Phi) is 5.08. The first kappa shape index (κ1) is 16.0. The molecule has 0 spiro atoms. The van der Waals surface area contributed by atoms with Crippen LogP contribution in [0.2, 0.25) is 0 Å². The number of anilines is 1. The van der Waals surface area contributed by atoms with E-state index in [2.05, 4.69) is 25.7 Å². The Labute approximate surface area is 144 Å². The lowest BCUT2D eigenvalue weighted by molar-refractivity contribution is 1.16. The molecule has 0 aliphatic carbocycles. The van der Waals surface area contributed by atoms with Crippen LogP contribution < -0.4 is 5.43 Å². The fourth-order valence-corrected chi connectivity index (χ4v) is 2.68. The first-order chi connectivity index (χ1) is 11.7. The number of hydrogen-bond acceptors (Lipinski definition) is 5. The van der Waals surface area contributed by atoms with Gasteiger partial charge in [-0.3, -0.25) is 5.43 Å². The molecule has 0 amide bonds. The molecule has 24 heavy (non-hydrogen) atoms. The number of rotatable bonds is 4. The van der Waals surface area contributed by atoms with Crippen LogP contribution in [0.4, 0.5) is 10.8 Å². The van der Waals surface area contributed by atoms with Gasteiger partial charge in [0.25, 0.3) is 0 Å². The van der Waals surface area contributed by atoms with Gasteiger partial charge in [-0.25, -0.2) is 4.98 Å². The van der Waals surface area contributed by atoms with Crippen LogP contribution in [0.5, 0.6) is 0 Å². The Hall–Kier alpha value is -2.86. The van der Waals surface area contributed by atoms with Gasteiger partial charge in [-0.1, -0.05) is 59.9 Å². The molecular weight excluding hydrogens is 318 g/mol. The van der Waals surface area contributed by atoms with E-state index < -0.39 is 0 Å². The lowest BCUT2D eigenvalue weighted by atomic mass is 10.2. The molecule has 1 N–H and O–H groups in total. The van der Waals surface area contributed by atoms with Crippen molar-refractivity contribution >= 4 is 28.0 Å². The average Bonchev–Trinajstić information content (AvgIpc) is 2.94. The van der Waals surface area contributed by atoms with Crippen LogP contribution >= 0.6 is 11.3 Å². The maximum atomic E-state index is 4.39. The fraction of sp³-hybridized carbons (Fsp3) is 0.111. The van der Waals surface area contributed by atoms with Crippen molar-refractivity contribution < 1.29 is 0 Å². The lowest BCUT2D eigenvalue weighted by Crippen LogP contribution is -2.00. The second-order valence-corrected chi connectivity index (χ2v) is 6.30. The SMILES string of the molecule is Cc1nc(/N=N/C(=N\Nc2ccccc2)c2ccccc2)sc1C. The minimum absolute atomic E-state index is 0.505. The summed E-state index contributed by atoms with van der Waals surface area (Å²) in [5.41, 5.74) is 5.77. The van der Waals surface area contributed by atoms with Crippen LogP contribution in [0.3, 0.4) is 0 Å². The predicted molar refractivity (Wildman–Crippen MR) is 99.1 cm³/mol. The van der Waals surface area contributed by atoms with Crippen molar-refractivity contribution in [2.45, 2.75) is 13.8 Å². The zero-order valence-corrected chi connectivity index (χ0v) is 14.3. The van der Waals surface area contributed by atoms with Crippen molar-refractivity contribution in [1.82, 2.24) is 4.98 Å². The third kappa shape index (κ3) is 4.11. The quantitative estimate of drug-likeness (QED) is 0.304. The van der Waals surface area contributed by atoms with E-state index in [1.54, 1.807) is 0 Å². The van der Waals surface area contributed by atoms with E-state index in [0.29, 0.717) is 11.0 Å². The summed E-state index contributed by atoms with van der Waals surface area (Å²) in [7, 11) is 0. The van der Waals surface area contributed by atoms with Gasteiger partial charge in [0.2, 0.25) is 11.0 Å². The summed E-state index contributed by atoms with van der Waals surface area (Å²) in [6, 6.07) is 19.5. The van der Waals surface area contributed by atoms with Crippen LogP contribution in [0.15, 0.2) is 76.0 Å². The number of azo groups is 1. The maximum absolute atomic E-state index is 4.39. The molecule has 1 aromatic heterocycles. The van der Waals surface area contributed by atoms with Gasteiger partial charge in [0.05, 0.1) is 11.4 Å². The highest BCUT2D eigenvalue weighted by atomic mass is 32.1. The van der Waals surface area contributed by atoms with Gasteiger partial charge >= 0.3 is 0 Å². The zero-order valence-electron chi connectivity index (χ0n) is 13.5. The summed E-state index contributed by atoms with van der Waals surface area (Å²) in [4.78, 5) is 5.52. The number of aryl methyl sites for hydroxylation is 2. The third-order valence-corrected chi connectivity index (χ3v) is 4.30. The average molecular weight is 335 g/mol. The number of hydrogen-bond donors (Lipinski definition) is 1. The van der Waals surface area contributed by atoms with E-state index >= 15 is 0 Å². The molecule has 120 valence electrons. The molecule has 0 bridgehead atoms. The first-order valence-corrected chi connectivity index (χ1v) is 8.34. The molecule has 3 aromatic rings. The normalized spacial score (nSPS) is 11.8. The molecule has 3 rings (SSSR count). The van der Waals surface area contributed by atoms with E-state index in [4.69, 9.17) is 0 Å². The molecule has 0 aliphatic rings. The van der Waals surface area contributed by atoms with Crippen LogP contribution in [0, 0.1) is 13.8 Å². The van der Waals surface area contributed by atoms with Crippen molar-refractivity contribution in [3.8, 4) is 0 Å². The van der Waals surface area contributed by atoms with Gasteiger partial charge in [0.1, 0.15) is 0 Å². The Morgan fingerprint density at radius 3 is 2.25 bits per heavy atom. The topological polar surface area (TPSA) is 62.0 Å². The summed E-state index contributed by atoms with van der Waals surface area (Å²) in [5, 5.41) is 13.6. The van der Waals surface area contributed by atoms with E-state index in [9.17, 15) is 0 Å². The number of benzene rings is 2. The highest BCUT2D eigenvalue weighted by molar-refractivity contribution is 7.15. The summed E-state index contributed by atoms with van der Waals surface area (Å²) in [5.74, 6) is 0.505. The first-order valence-electron chi connectivity index (χ1n) is 7.52. The van der Waals surface area contributed by atoms with Gasteiger partial charge in [-0.05, 0) is 26.0 Å². The highest BCUT2D eigenvalue weighted by Gasteiger charge is 2.05. The van der Waals surface area contributed by atoms with Crippen LogP contribution in [0.1, 0.15) is 16.1 Å². The number of amidine groups is 1. The highest BCUT2D eigenvalue weighted by Crippen LogP contribution is 2.24. The van der Waals surface area contributed by atoms with E-state index in [1.165, 1.54) is 11.3 Å². The van der Waals surface area contributed by atoms with Gasteiger partial charge in [-0.15, -0.1) is 10.2 Å². The van der Waals surface area contributed by atoms with Crippen molar-refractivity contribution in [3.05, 3.63) is 76.8 Å². The van der Waals surface area contributed by atoms with Gasteiger partial charge in [0.15, 0.2) is 0 Å². The lowest BCUT2D eigenvalue weighted by Gasteiger charge is -2.02. The molecule has 0 radical (unpaired) electrons. The van der Waals surface area contributed by atoms with E-state index in [0.717, 1.165) is 21.8 Å². The number of para-hydroxylation sites is 1. The zero-order chi connectivity index (χ0) is 16.8. The molecule has 0 aliphatic heterocycles. The standard InChI is InChI=1S/C18H17N5S/c1-13-14(2)24-18(19-13)23-22-17(15-9-5-3-6-10-15)21-20-16-11-7-4-8-12-16/h3-12,20H,1-2H3/b21-17-,23-22+. The van der Waals surface area contributed by atoms with Crippen molar-refractivity contribution in [2.75, 3.05) is 5.43 Å². The summed E-state index contributed by atoms with van der Waals surface area (Å²) in [6.45, 7) is 3.99. The van der Waals surface area contributed by atoms with Crippen LogP contribution in [0.25, 0.3) is 0 Å². The van der Waals surface area contributed by atoms with E-state index in [-0.39, 0.29) is 0 Å². The second-order valence-electron chi connectivity index (χ2n) is 5.12. The molecule has 0 saturated heterocycles. The summed E-state index contributed by atoms with van der Waals surface area (Å²) in [6.07, 6.45) is 0. The maximum Gasteiger partial charge on any atom is 0.230 e. The Morgan fingerprint density at radius 1 is 0.958 bits per heavy atom. The van der Waals surface area contributed by atoms with Gasteiger partial charge in [-0.2, -0.15) is 5.10 Å². The smallest absolute Gasteiger partial charge is 0.230 e. The van der Waals surface area contributed by atoms with Crippen molar-refractivity contribution in [1.29, 1.82) is 0 Å². The molecule has 0 fully saturated rings. The monoisotopic (exact) mass is 335 g/mol. The minimum Gasteiger partial charge on any atom is -0.276 e. The molecule has 6 heteroatoms. The molecule has 0 atom stereocenters. The minimum atomic E-state index is 0.505. The fourth-order valence-electron chi connectivity index (χ4n) is 1.95. The number of nitrogens with one attached hydrogen (secondary N) is 1. The Bertz CT molecular complexity index is 834. The number of hydrazone groups is 1. The molecule has 5 nitrogen and oxygen atoms in total. The van der Waals surface area contributed by atoms with Gasteiger partial charge in [0, 0.05) is 10.4 Å². The van der Waals surface area contributed by atoms with Crippen molar-refractivity contribution in [3.63, 3.8) is 0 Å². The predicted octanol–water partition coefficient (Wildman–Crippen LogP) is 5.32.